The Kier molecular flexibility index (Phi) is 4.19. The van der Waals surface area contributed by atoms with Crippen molar-refractivity contribution in [1.82, 2.24) is 5.32 Å². The molecule has 3 nitrogen and oxygen atoms in total. The van der Waals surface area contributed by atoms with Crippen LogP contribution < -0.4 is 14.8 Å². The first kappa shape index (κ1) is 14.0. The molecule has 1 aromatic rings. The number of rotatable bonds is 3. The zero-order chi connectivity index (χ0) is 13.9. The average Bonchev–Trinajstić information content (AvgIpc) is 2.38. The first-order chi connectivity index (χ1) is 9.00. The van der Waals surface area contributed by atoms with Gasteiger partial charge in [0.1, 0.15) is 17.6 Å². The summed E-state index contributed by atoms with van der Waals surface area (Å²) in [6.07, 6.45) is -2.52. The van der Waals surface area contributed by atoms with Crippen molar-refractivity contribution >= 4 is 0 Å². The number of hydrogen-bond acceptors (Lipinski definition) is 3. The highest BCUT2D eigenvalue weighted by Gasteiger charge is 2.34. The van der Waals surface area contributed by atoms with Crippen LogP contribution in [0.15, 0.2) is 18.2 Å². The van der Waals surface area contributed by atoms with E-state index in [0.29, 0.717) is 12.3 Å². The van der Waals surface area contributed by atoms with Crippen molar-refractivity contribution in [2.45, 2.75) is 25.1 Å². The number of benzene rings is 1. The van der Waals surface area contributed by atoms with Crippen LogP contribution in [-0.2, 0) is 6.18 Å². The second kappa shape index (κ2) is 5.69. The van der Waals surface area contributed by atoms with Crippen LogP contribution in [0.3, 0.4) is 0 Å². The highest BCUT2D eigenvalue weighted by Crippen LogP contribution is 2.38. The molecule has 0 spiro atoms. The van der Waals surface area contributed by atoms with Crippen LogP contribution in [0, 0.1) is 0 Å². The Bertz CT molecular complexity index is 428. The molecule has 0 aliphatic carbocycles. The molecule has 0 aromatic heterocycles. The van der Waals surface area contributed by atoms with E-state index >= 15 is 0 Å². The fraction of sp³-hybridized carbons (Fsp3) is 0.538. The van der Waals surface area contributed by atoms with Crippen LogP contribution in [0.25, 0.3) is 0 Å². The van der Waals surface area contributed by atoms with Gasteiger partial charge in [0.05, 0.1) is 12.7 Å². The van der Waals surface area contributed by atoms with Crippen molar-refractivity contribution in [3.8, 4) is 11.5 Å². The number of hydrogen-bond donors (Lipinski definition) is 1. The monoisotopic (exact) mass is 275 g/mol. The molecule has 1 heterocycles. The number of methoxy groups -OCH3 is 1. The minimum absolute atomic E-state index is 0.00445. The first-order valence-electron chi connectivity index (χ1n) is 6.13. The Balaban J connectivity index is 2.14. The van der Waals surface area contributed by atoms with E-state index < -0.39 is 11.7 Å². The highest BCUT2D eigenvalue weighted by molar-refractivity contribution is 5.42. The fourth-order valence-corrected chi connectivity index (χ4v) is 2.09. The number of alkyl halides is 3. The van der Waals surface area contributed by atoms with Gasteiger partial charge in [-0.3, -0.25) is 0 Å². The summed E-state index contributed by atoms with van der Waals surface area (Å²) < 4.78 is 48.5. The zero-order valence-electron chi connectivity index (χ0n) is 10.6. The topological polar surface area (TPSA) is 30.5 Å². The van der Waals surface area contributed by atoms with E-state index in [1.807, 2.05) is 0 Å². The average molecular weight is 275 g/mol. The molecule has 0 bridgehead atoms. The van der Waals surface area contributed by atoms with Crippen molar-refractivity contribution in [2.24, 2.45) is 0 Å². The molecule has 2 rings (SSSR count). The minimum atomic E-state index is -4.42. The van der Waals surface area contributed by atoms with Gasteiger partial charge in [-0.25, -0.2) is 0 Å². The predicted octanol–water partition coefficient (Wildman–Crippen LogP) is 2.84. The summed E-state index contributed by atoms with van der Waals surface area (Å²) in [5.74, 6) is 0.187. The molecule has 1 aliphatic heterocycles. The Hall–Kier alpha value is -1.43. The van der Waals surface area contributed by atoms with E-state index in [1.54, 1.807) is 0 Å². The van der Waals surface area contributed by atoms with Crippen molar-refractivity contribution in [3.05, 3.63) is 23.8 Å². The third kappa shape index (κ3) is 3.53. The van der Waals surface area contributed by atoms with Gasteiger partial charge in [-0.15, -0.1) is 0 Å². The van der Waals surface area contributed by atoms with Crippen LogP contribution in [-0.4, -0.2) is 26.3 Å². The van der Waals surface area contributed by atoms with E-state index in [4.69, 9.17) is 9.47 Å². The van der Waals surface area contributed by atoms with Gasteiger partial charge >= 0.3 is 6.18 Å². The van der Waals surface area contributed by atoms with Crippen molar-refractivity contribution in [1.29, 1.82) is 0 Å². The second-order valence-corrected chi connectivity index (χ2v) is 4.45. The van der Waals surface area contributed by atoms with Gasteiger partial charge in [0.15, 0.2) is 0 Å². The number of nitrogens with one attached hydrogen (secondary N) is 1. The maximum Gasteiger partial charge on any atom is 0.419 e. The molecular weight excluding hydrogens is 259 g/mol. The smallest absolute Gasteiger partial charge is 0.419 e. The molecule has 0 amide bonds. The van der Waals surface area contributed by atoms with E-state index in [1.165, 1.54) is 19.2 Å². The van der Waals surface area contributed by atoms with Crippen LogP contribution in [0.1, 0.15) is 18.4 Å². The summed E-state index contributed by atoms with van der Waals surface area (Å²) in [5.41, 5.74) is -0.788. The molecule has 6 heteroatoms. The molecule has 0 saturated carbocycles. The van der Waals surface area contributed by atoms with E-state index in [-0.39, 0.29) is 11.9 Å². The molecule has 106 valence electrons. The SMILES string of the molecule is COc1cc(OC2CCCNC2)ccc1C(F)(F)F. The zero-order valence-corrected chi connectivity index (χ0v) is 10.6. The molecule has 1 unspecified atom stereocenters. The van der Waals surface area contributed by atoms with Gasteiger partial charge in [0.25, 0.3) is 0 Å². The second-order valence-electron chi connectivity index (χ2n) is 4.45. The summed E-state index contributed by atoms with van der Waals surface area (Å²) in [6.45, 7) is 1.67. The number of halogens is 3. The van der Waals surface area contributed by atoms with Crippen LogP contribution in [0.4, 0.5) is 13.2 Å². The molecule has 1 saturated heterocycles. The normalized spacial score (nSPS) is 20.1. The quantitative estimate of drug-likeness (QED) is 0.920. The van der Waals surface area contributed by atoms with Gasteiger partial charge in [-0.05, 0) is 31.5 Å². The third-order valence-electron chi connectivity index (χ3n) is 3.03. The Labute approximate surface area is 109 Å². The van der Waals surface area contributed by atoms with Crippen LogP contribution in [0.5, 0.6) is 11.5 Å². The Morgan fingerprint density at radius 2 is 2.11 bits per heavy atom. The number of ether oxygens (including phenoxy) is 2. The van der Waals surface area contributed by atoms with Gasteiger partial charge in [0.2, 0.25) is 0 Å². The summed E-state index contributed by atoms with van der Waals surface area (Å²) >= 11 is 0. The fourth-order valence-electron chi connectivity index (χ4n) is 2.09. The highest BCUT2D eigenvalue weighted by atomic mass is 19.4. The lowest BCUT2D eigenvalue weighted by atomic mass is 10.1. The molecule has 1 N–H and O–H groups in total. The lowest BCUT2D eigenvalue weighted by Crippen LogP contribution is -2.37. The van der Waals surface area contributed by atoms with Gasteiger partial charge < -0.3 is 14.8 Å². The van der Waals surface area contributed by atoms with Gasteiger partial charge in [-0.2, -0.15) is 13.2 Å². The van der Waals surface area contributed by atoms with Crippen LogP contribution in [0.2, 0.25) is 0 Å². The predicted molar refractivity (Wildman–Crippen MR) is 64.5 cm³/mol. The van der Waals surface area contributed by atoms with Gasteiger partial charge in [0, 0.05) is 12.6 Å². The Morgan fingerprint density at radius 3 is 2.68 bits per heavy atom. The molecule has 19 heavy (non-hydrogen) atoms. The maximum atomic E-state index is 12.7. The van der Waals surface area contributed by atoms with Crippen molar-refractivity contribution in [3.63, 3.8) is 0 Å². The van der Waals surface area contributed by atoms with Crippen LogP contribution >= 0.6 is 0 Å². The lowest BCUT2D eigenvalue weighted by molar-refractivity contribution is -0.138. The van der Waals surface area contributed by atoms with Gasteiger partial charge in [-0.1, -0.05) is 0 Å². The maximum absolute atomic E-state index is 12.7. The largest absolute Gasteiger partial charge is 0.496 e. The number of piperidine rings is 1. The first-order valence-corrected chi connectivity index (χ1v) is 6.13. The molecule has 1 atom stereocenters. The lowest BCUT2D eigenvalue weighted by Gasteiger charge is -2.24. The standard InChI is InChI=1S/C13H16F3NO2/c1-18-12-7-9(4-5-11(12)13(14,15)16)19-10-3-2-6-17-8-10/h4-5,7,10,17H,2-3,6,8H2,1H3. The summed E-state index contributed by atoms with van der Waals surface area (Å²) in [7, 11) is 1.22. The third-order valence-corrected chi connectivity index (χ3v) is 3.03. The summed E-state index contributed by atoms with van der Waals surface area (Å²) in [6, 6.07) is 3.61. The molecule has 0 radical (unpaired) electrons. The molecular formula is C13H16F3NO2. The molecule has 1 aliphatic rings. The van der Waals surface area contributed by atoms with E-state index in [0.717, 1.165) is 25.5 Å². The van der Waals surface area contributed by atoms with E-state index in [9.17, 15) is 13.2 Å². The summed E-state index contributed by atoms with van der Waals surface area (Å²) in [4.78, 5) is 0. The van der Waals surface area contributed by atoms with E-state index in [2.05, 4.69) is 5.32 Å². The van der Waals surface area contributed by atoms with Crippen molar-refractivity contribution < 1.29 is 22.6 Å². The Morgan fingerprint density at radius 1 is 1.32 bits per heavy atom. The summed E-state index contributed by atoms with van der Waals surface area (Å²) in [5, 5.41) is 3.18. The van der Waals surface area contributed by atoms with Crippen molar-refractivity contribution in [2.75, 3.05) is 20.2 Å². The minimum Gasteiger partial charge on any atom is -0.496 e. The molecule has 1 fully saturated rings. The molecule has 1 aromatic carbocycles.